The Labute approximate surface area is 113 Å². The van der Waals surface area contributed by atoms with Gasteiger partial charge < -0.3 is 10.1 Å². The number of hydrogen-bond donors (Lipinski definition) is 1. The molecule has 2 rings (SSSR count). The number of benzene rings is 1. The standard InChI is InChI=1S/C15H17N3O/c1-3-6-12-7-4-5-8-14(12)19-15-11-17-10-13(18-15)9-16-2/h3-8,10-11,16H,9H2,1-2H3. The van der Waals surface area contributed by atoms with Gasteiger partial charge in [-0.1, -0.05) is 30.4 Å². The van der Waals surface area contributed by atoms with Gasteiger partial charge in [0.2, 0.25) is 5.88 Å². The molecule has 0 amide bonds. The van der Waals surface area contributed by atoms with Crippen LogP contribution in [0.3, 0.4) is 0 Å². The second-order valence-corrected chi connectivity index (χ2v) is 4.02. The lowest BCUT2D eigenvalue weighted by atomic mass is 10.2. The number of aromatic nitrogens is 2. The topological polar surface area (TPSA) is 47.0 Å². The van der Waals surface area contributed by atoms with Crippen molar-refractivity contribution in [3.05, 3.63) is 54.0 Å². The highest BCUT2D eigenvalue weighted by Crippen LogP contribution is 2.24. The predicted octanol–water partition coefficient (Wildman–Crippen LogP) is 3.02. The van der Waals surface area contributed by atoms with Crippen molar-refractivity contribution in [2.24, 2.45) is 0 Å². The Morgan fingerprint density at radius 2 is 2.11 bits per heavy atom. The average Bonchev–Trinajstić information content (AvgIpc) is 2.42. The Morgan fingerprint density at radius 1 is 1.26 bits per heavy atom. The van der Waals surface area contributed by atoms with Gasteiger partial charge in [0.1, 0.15) is 5.75 Å². The van der Waals surface area contributed by atoms with Gasteiger partial charge in [-0.25, -0.2) is 4.98 Å². The molecule has 1 heterocycles. The summed E-state index contributed by atoms with van der Waals surface area (Å²) in [7, 11) is 1.87. The van der Waals surface area contributed by atoms with Gasteiger partial charge in [-0.15, -0.1) is 0 Å². The first kappa shape index (κ1) is 13.2. The van der Waals surface area contributed by atoms with Crippen LogP contribution in [-0.4, -0.2) is 17.0 Å². The summed E-state index contributed by atoms with van der Waals surface area (Å²) in [6.07, 6.45) is 7.32. The SMILES string of the molecule is CC=Cc1ccccc1Oc1cncc(CNC)n1. The smallest absolute Gasteiger partial charge is 0.238 e. The normalized spacial score (nSPS) is 10.8. The number of allylic oxidation sites excluding steroid dienone is 1. The molecule has 98 valence electrons. The molecule has 0 atom stereocenters. The first-order valence-electron chi connectivity index (χ1n) is 6.18. The number of ether oxygens (including phenoxy) is 1. The molecule has 0 unspecified atom stereocenters. The summed E-state index contributed by atoms with van der Waals surface area (Å²) in [5.41, 5.74) is 1.87. The Hall–Kier alpha value is -2.20. The van der Waals surface area contributed by atoms with E-state index in [9.17, 15) is 0 Å². The molecular formula is C15H17N3O. The molecule has 0 aliphatic heterocycles. The molecule has 1 aromatic heterocycles. The van der Waals surface area contributed by atoms with E-state index in [2.05, 4.69) is 15.3 Å². The molecular weight excluding hydrogens is 238 g/mol. The van der Waals surface area contributed by atoms with Crippen molar-refractivity contribution >= 4 is 6.08 Å². The molecule has 2 aromatic rings. The minimum atomic E-state index is 0.504. The van der Waals surface area contributed by atoms with Crippen molar-refractivity contribution < 1.29 is 4.74 Å². The third-order valence-corrected chi connectivity index (χ3v) is 2.50. The van der Waals surface area contributed by atoms with Crippen molar-refractivity contribution in [3.63, 3.8) is 0 Å². The van der Waals surface area contributed by atoms with Crippen molar-refractivity contribution in [1.82, 2.24) is 15.3 Å². The third kappa shape index (κ3) is 3.63. The van der Waals surface area contributed by atoms with E-state index >= 15 is 0 Å². The van der Waals surface area contributed by atoms with Gasteiger partial charge in [0.25, 0.3) is 0 Å². The van der Waals surface area contributed by atoms with Crippen molar-refractivity contribution in [1.29, 1.82) is 0 Å². The number of nitrogens with one attached hydrogen (secondary N) is 1. The molecule has 0 spiro atoms. The van der Waals surface area contributed by atoms with Gasteiger partial charge in [0.15, 0.2) is 0 Å². The second kappa shape index (κ2) is 6.66. The van der Waals surface area contributed by atoms with Crippen LogP contribution in [0.15, 0.2) is 42.7 Å². The second-order valence-electron chi connectivity index (χ2n) is 4.02. The van der Waals surface area contributed by atoms with Crippen LogP contribution in [0.25, 0.3) is 6.08 Å². The number of rotatable bonds is 5. The lowest BCUT2D eigenvalue weighted by Crippen LogP contribution is -2.07. The summed E-state index contributed by atoms with van der Waals surface area (Å²) in [6.45, 7) is 2.64. The van der Waals surface area contributed by atoms with Gasteiger partial charge >= 0.3 is 0 Å². The summed E-state index contributed by atoms with van der Waals surface area (Å²) in [5.74, 6) is 1.28. The summed E-state index contributed by atoms with van der Waals surface area (Å²) in [5, 5.41) is 3.04. The van der Waals surface area contributed by atoms with Crippen LogP contribution in [0.5, 0.6) is 11.6 Å². The summed E-state index contributed by atoms with van der Waals surface area (Å²) < 4.78 is 5.80. The van der Waals surface area contributed by atoms with E-state index < -0.39 is 0 Å². The van der Waals surface area contributed by atoms with Crippen LogP contribution in [0.1, 0.15) is 18.2 Å². The van der Waals surface area contributed by atoms with Gasteiger partial charge in [-0.3, -0.25) is 4.98 Å². The van der Waals surface area contributed by atoms with Gasteiger partial charge in [-0.2, -0.15) is 0 Å². The Bertz CT molecular complexity index is 567. The van der Waals surface area contributed by atoms with Crippen molar-refractivity contribution in [2.45, 2.75) is 13.5 Å². The highest BCUT2D eigenvalue weighted by molar-refractivity contribution is 5.57. The maximum Gasteiger partial charge on any atom is 0.238 e. The van der Waals surface area contributed by atoms with E-state index in [1.807, 2.05) is 50.4 Å². The maximum absolute atomic E-state index is 5.80. The molecule has 0 bridgehead atoms. The Morgan fingerprint density at radius 3 is 2.89 bits per heavy atom. The third-order valence-electron chi connectivity index (χ3n) is 2.50. The predicted molar refractivity (Wildman–Crippen MR) is 76.0 cm³/mol. The van der Waals surface area contributed by atoms with Crippen LogP contribution in [0.2, 0.25) is 0 Å². The fraction of sp³-hybridized carbons (Fsp3) is 0.200. The molecule has 0 aliphatic carbocycles. The number of nitrogens with zero attached hydrogens (tertiary/aromatic N) is 2. The minimum Gasteiger partial charge on any atom is -0.437 e. The first-order valence-corrected chi connectivity index (χ1v) is 6.18. The molecule has 4 heteroatoms. The molecule has 0 saturated carbocycles. The Balaban J connectivity index is 2.23. The van der Waals surface area contributed by atoms with E-state index in [0.717, 1.165) is 17.0 Å². The van der Waals surface area contributed by atoms with E-state index in [0.29, 0.717) is 12.4 Å². The van der Waals surface area contributed by atoms with Gasteiger partial charge in [-0.05, 0) is 20.0 Å². The summed E-state index contributed by atoms with van der Waals surface area (Å²) in [4.78, 5) is 8.52. The van der Waals surface area contributed by atoms with Gasteiger partial charge in [0, 0.05) is 18.3 Å². The fourth-order valence-electron chi connectivity index (χ4n) is 1.71. The number of para-hydroxylation sites is 1. The largest absolute Gasteiger partial charge is 0.437 e. The molecule has 1 N–H and O–H groups in total. The van der Waals surface area contributed by atoms with Crippen LogP contribution in [-0.2, 0) is 6.54 Å². The quantitative estimate of drug-likeness (QED) is 0.892. The molecule has 0 saturated heterocycles. The zero-order chi connectivity index (χ0) is 13.5. The zero-order valence-corrected chi connectivity index (χ0v) is 11.1. The molecule has 0 aliphatic rings. The van der Waals surface area contributed by atoms with Gasteiger partial charge in [0.05, 0.1) is 11.9 Å². The first-order chi connectivity index (χ1) is 9.33. The lowest BCUT2D eigenvalue weighted by molar-refractivity contribution is 0.456. The van der Waals surface area contributed by atoms with Crippen LogP contribution in [0, 0.1) is 0 Å². The molecule has 19 heavy (non-hydrogen) atoms. The van der Waals surface area contributed by atoms with E-state index in [-0.39, 0.29) is 0 Å². The zero-order valence-electron chi connectivity index (χ0n) is 11.1. The van der Waals surface area contributed by atoms with Crippen molar-refractivity contribution in [3.8, 4) is 11.6 Å². The van der Waals surface area contributed by atoms with E-state index in [4.69, 9.17) is 4.74 Å². The molecule has 0 fully saturated rings. The minimum absolute atomic E-state index is 0.504. The lowest BCUT2D eigenvalue weighted by Gasteiger charge is -2.08. The van der Waals surface area contributed by atoms with Crippen molar-refractivity contribution in [2.75, 3.05) is 7.05 Å². The van der Waals surface area contributed by atoms with E-state index in [1.165, 1.54) is 0 Å². The average molecular weight is 255 g/mol. The maximum atomic E-state index is 5.80. The number of hydrogen-bond acceptors (Lipinski definition) is 4. The highest BCUT2D eigenvalue weighted by Gasteiger charge is 2.04. The molecule has 0 radical (unpaired) electrons. The fourth-order valence-corrected chi connectivity index (χ4v) is 1.71. The highest BCUT2D eigenvalue weighted by atomic mass is 16.5. The monoisotopic (exact) mass is 255 g/mol. The van der Waals surface area contributed by atoms with Crippen LogP contribution >= 0.6 is 0 Å². The van der Waals surface area contributed by atoms with Crippen LogP contribution in [0.4, 0.5) is 0 Å². The Kier molecular flexibility index (Phi) is 4.64. The summed E-state index contributed by atoms with van der Waals surface area (Å²) >= 11 is 0. The van der Waals surface area contributed by atoms with Crippen LogP contribution < -0.4 is 10.1 Å². The molecule has 1 aromatic carbocycles. The summed E-state index contributed by atoms with van der Waals surface area (Å²) in [6, 6.07) is 7.83. The van der Waals surface area contributed by atoms with E-state index in [1.54, 1.807) is 12.4 Å². The molecule has 4 nitrogen and oxygen atoms in total.